The van der Waals surface area contributed by atoms with Crippen LogP contribution in [0.4, 0.5) is 4.79 Å². The number of nitrogens with zero attached hydrogens (tertiary/aromatic N) is 2. The summed E-state index contributed by atoms with van der Waals surface area (Å²) in [6.07, 6.45) is -0.177. The highest BCUT2D eigenvalue weighted by Gasteiger charge is 2.36. The number of carbonyl (C=O) groups excluding carboxylic acids is 1. The van der Waals surface area contributed by atoms with Gasteiger partial charge in [0.15, 0.2) is 0 Å². The maximum absolute atomic E-state index is 12.0. The number of likely N-dealkylation sites (N-methyl/N-ethyl adjacent to an activating group) is 1. The first-order chi connectivity index (χ1) is 8.28. The fourth-order valence-electron chi connectivity index (χ4n) is 2.59. The molecule has 0 aromatic heterocycles. The average molecular weight is 256 g/mol. The van der Waals surface area contributed by atoms with Crippen LogP contribution in [-0.2, 0) is 4.74 Å². The summed E-state index contributed by atoms with van der Waals surface area (Å²) in [4.78, 5) is 16.3. The van der Waals surface area contributed by atoms with Gasteiger partial charge in [-0.3, -0.25) is 4.90 Å². The fraction of sp³-hybridized carbons (Fsp3) is 0.929. The number of likely N-dealkylation sites (tertiary alicyclic amines) is 1. The first-order valence-electron chi connectivity index (χ1n) is 7.00. The second-order valence-corrected chi connectivity index (χ2v) is 6.15. The van der Waals surface area contributed by atoms with E-state index in [4.69, 9.17) is 4.74 Å². The molecule has 4 nitrogen and oxygen atoms in total. The molecule has 0 N–H and O–H groups in total. The Morgan fingerprint density at radius 2 is 1.83 bits per heavy atom. The minimum atomic E-state index is -0.409. The molecule has 106 valence electrons. The highest BCUT2D eigenvalue weighted by Crippen LogP contribution is 2.23. The standard InChI is InChI=1S/C14H28N2O2/c1-7-15(8-2)12-10-16(9-11(12)3)13(17)18-14(4,5)6/h11-12H,7-10H2,1-6H3. The number of amides is 1. The normalized spacial score (nSPS) is 24.7. The fourth-order valence-corrected chi connectivity index (χ4v) is 2.59. The summed E-state index contributed by atoms with van der Waals surface area (Å²) in [5.41, 5.74) is -0.409. The molecule has 1 saturated heterocycles. The van der Waals surface area contributed by atoms with Gasteiger partial charge in [0, 0.05) is 19.1 Å². The van der Waals surface area contributed by atoms with Gasteiger partial charge in [-0.2, -0.15) is 0 Å². The van der Waals surface area contributed by atoms with E-state index in [0.29, 0.717) is 12.0 Å². The molecule has 0 bridgehead atoms. The third-order valence-electron chi connectivity index (χ3n) is 3.51. The van der Waals surface area contributed by atoms with Gasteiger partial charge in [-0.25, -0.2) is 4.79 Å². The third kappa shape index (κ3) is 3.87. The van der Waals surface area contributed by atoms with Crippen molar-refractivity contribution >= 4 is 6.09 Å². The summed E-state index contributed by atoms with van der Waals surface area (Å²) in [5, 5.41) is 0. The molecule has 0 spiro atoms. The largest absolute Gasteiger partial charge is 0.444 e. The molecular weight excluding hydrogens is 228 g/mol. The minimum absolute atomic E-state index is 0.177. The predicted molar refractivity (Wildman–Crippen MR) is 73.7 cm³/mol. The van der Waals surface area contributed by atoms with Crippen molar-refractivity contribution in [2.45, 2.75) is 53.2 Å². The zero-order chi connectivity index (χ0) is 13.9. The zero-order valence-corrected chi connectivity index (χ0v) is 12.7. The molecule has 1 rings (SSSR count). The molecule has 0 saturated carbocycles. The highest BCUT2D eigenvalue weighted by atomic mass is 16.6. The Balaban J connectivity index is 2.60. The number of rotatable bonds is 3. The van der Waals surface area contributed by atoms with Crippen LogP contribution in [-0.4, -0.2) is 53.7 Å². The maximum atomic E-state index is 12.0. The van der Waals surface area contributed by atoms with Gasteiger partial charge in [0.25, 0.3) is 0 Å². The Morgan fingerprint density at radius 3 is 2.28 bits per heavy atom. The molecule has 2 atom stereocenters. The number of hydrogen-bond acceptors (Lipinski definition) is 3. The van der Waals surface area contributed by atoms with Crippen molar-refractivity contribution in [3.8, 4) is 0 Å². The second kappa shape index (κ2) is 5.91. The van der Waals surface area contributed by atoms with E-state index >= 15 is 0 Å². The van der Waals surface area contributed by atoms with Crippen LogP contribution in [0.25, 0.3) is 0 Å². The second-order valence-electron chi connectivity index (χ2n) is 6.15. The van der Waals surface area contributed by atoms with Crippen LogP contribution in [0.1, 0.15) is 41.5 Å². The van der Waals surface area contributed by atoms with E-state index in [2.05, 4.69) is 25.7 Å². The van der Waals surface area contributed by atoms with Crippen molar-refractivity contribution in [3.63, 3.8) is 0 Å². The Morgan fingerprint density at radius 1 is 1.28 bits per heavy atom. The van der Waals surface area contributed by atoms with Crippen molar-refractivity contribution < 1.29 is 9.53 Å². The van der Waals surface area contributed by atoms with E-state index in [1.807, 2.05) is 25.7 Å². The van der Waals surface area contributed by atoms with Crippen LogP contribution in [0.5, 0.6) is 0 Å². The first-order valence-corrected chi connectivity index (χ1v) is 7.00. The molecule has 1 heterocycles. The number of hydrogen-bond donors (Lipinski definition) is 0. The van der Waals surface area contributed by atoms with Crippen molar-refractivity contribution in [1.29, 1.82) is 0 Å². The molecule has 0 aromatic carbocycles. The summed E-state index contributed by atoms with van der Waals surface area (Å²) < 4.78 is 5.43. The zero-order valence-electron chi connectivity index (χ0n) is 12.7. The highest BCUT2D eigenvalue weighted by molar-refractivity contribution is 5.68. The van der Waals surface area contributed by atoms with Gasteiger partial charge in [-0.15, -0.1) is 0 Å². The lowest BCUT2D eigenvalue weighted by Gasteiger charge is -2.29. The van der Waals surface area contributed by atoms with Gasteiger partial charge in [0.2, 0.25) is 0 Å². The molecule has 4 heteroatoms. The number of ether oxygens (including phenoxy) is 1. The van der Waals surface area contributed by atoms with Gasteiger partial charge in [0.1, 0.15) is 5.60 Å². The smallest absolute Gasteiger partial charge is 0.410 e. The monoisotopic (exact) mass is 256 g/mol. The van der Waals surface area contributed by atoms with Crippen LogP contribution >= 0.6 is 0 Å². The van der Waals surface area contributed by atoms with Gasteiger partial charge in [-0.05, 0) is 39.8 Å². The molecule has 1 aliphatic heterocycles. The molecular formula is C14H28N2O2. The van der Waals surface area contributed by atoms with Crippen molar-refractivity contribution in [2.24, 2.45) is 5.92 Å². The van der Waals surface area contributed by atoms with Crippen molar-refractivity contribution in [1.82, 2.24) is 9.80 Å². The van der Waals surface area contributed by atoms with Crippen LogP contribution in [0.15, 0.2) is 0 Å². The lowest BCUT2D eigenvalue weighted by atomic mass is 10.1. The summed E-state index contributed by atoms with van der Waals surface area (Å²) in [5.74, 6) is 0.511. The molecule has 18 heavy (non-hydrogen) atoms. The van der Waals surface area contributed by atoms with E-state index in [1.165, 1.54) is 0 Å². The maximum Gasteiger partial charge on any atom is 0.410 e. The third-order valence-corrected chi connectivity index (χ3v) is 3.51. The average Bonchev–Trinajstić information content (AvgIpc) is 2.61. The van der Waals surface area contributed by atoms with Gasteiger partial charge < -0.3 is 9.64 Å². The van der Waals surface area contributed by atoms with Crippen LogP contribution in [0.3, 0.4) is 0 Å². The Kier molecular flexibility index (Phi) is 5.02. The van der Waals surface area contributed by atoms with E-state index in [9.17, 15) is 4.79 Å². The van der Waals surface area contributed by atoms with E-state index in [0.717, 1.165) is 26.2 Å². The molecule has 2 unspecified atom stereocenters. The van der Waals surface area contributed by atoms with Gasteiger partial charge >= 0.3 is 6.09 Å². The lowest BCUT2D eigenvalue weighted by molar-refractivity contribution is 0.0279. The molecule has 0 radical (unpaired) electrons. The molecule has 0 aliphatic carbocycles. The van der Waals surface area contributed by atoms with Gasteiger partial charge in [-0.1, -0.05) is 20.8 Å². The molecule has 1 amide bonds. The SMILES string of the molecule is CCN(CC)C1CN(C(=O)OC(C)(C)C)CC1C. The van der Waals surface area contributed by atoms with E-state index in [-0.39, 0.29) is 6.09 Å². The summed E-state index contributed by atoms with van der Waals surface area (Å²) >= 11 is 0. The lowest BCUT2D eigenvalue weighted by Crippen LogP contribution is -2.41. The van der Waals surface area contributed by atoms with E-state index in [1.54, 1.807) is 0 Å². The Hall–Kier alpha value is -0.770. The molecule has 0 aromatic rings. The van der Waals surface area contributed by atoms with Crippen molar-refractivity contribution in [3.05, 3.63) is 0 Å². The summed E-state index contributed by atoms with van der Waals surface area (Å²) in [6.45, 7) is 16.0. The first kappa shape index (κ1) is 15.3. The van der Waals surface area contributed by atoms with Crippen molar-refractivity contribution in [2.75, 3.05) is 26.2 Å². The van der Waals surface area contributed by atoms with Crippen LogP contribution < -0.4 is 0 Å². The summed E-state index contributed by atoms with van der Waals surface area (Å²) in [7, 11) is 0. The Labute approximate surface area is 111 Å². The topological polar surface area (TPSA) is 32.8 Å². The minimum Gasteiger partial charge on any atom is -0.444 e. The van der Waals surface area contributed by atoms with Crippen LogP contribution in [0.2, 0.25) is 0 Å². The quantitative estimate of drug-likeness (QED) is 0.778. The molecule has 1 fully saturated rings. The predicted octanol–water partition coefficient (Wildman–Crippen LogP) is 2.58. The Bertz CT molecular complexity index is 282. The number of carbonyl (C=O) groups is 1. The van der Waals surface area contributed by atoms with Crippen LogP contribution in [0, 0.1) is 5.92 Å². The summed E-state index contributed by atoms with van der Waals surface area (Å²) in [6, 6.07) is 0.465. The van der Waals surface area contributed by atoms with Gasteiger partial charge in [0.05, 0.1) is 0 Å². The van der Waals surface area contributed by atoms with E-state index < -0.39 is 5.60 Å². The molecule has 1 aliphatic rings.